The molecule has 1 aromatic rings. The van der Waals surface area contributed by atoms with E-state index in [1.165, 1.54) is 6.07 Å². The number of aryl methyl sites for hydroxylation is 1. The molecule has 3 heteroatoms. The number of benzene rings is 1. The van der Waals surface area contributed by atoms with Gasteiger partial charge in [-0.25, -0.2) is 4.39 Å². The molecule has 0 heterocycles. The summed E-state index contributed by atoms with van der Waals surface area (Å²) in [4.78, 5) is 2.05. The summed E-state index contributed by atoms with van der Waals surface area (Å²) in [5.74, 6) is -0.269. The molecule has 2 nitrogen and oxygen atoms in total. The zero-order valence-corrected chi connectivity index (χ0v) is 11.4. The molecular weight excluding hydrogens is 229 g/mol. The van der Waals surface area contributed by atoms with E-state index in [-0.39, 0.29) is 5.82 Å². The van der Waals surface area contributed by atoms with Crippen molar-refractivity contribution in [2.45, 2.75) is 32.8 Å². The minimum absolute atomic E-state index is 0.269. The van der Waals surface area contributed by atoms with Gasteiger partial charge >= 0.3 is 0 Å². The highest BCUT2D eigenvalue weighted by Crippen LogP contribution is 2.28. The molecule has 0 bridgehead atoms. The smallest absolute Gasteiger partial charge is 0.126 e. The predicted molar refractivity (Wildman–Crippen MR) is 74.5 cm³/mol. The van der Waals surface area contributed by atoms with Crippen LogP contribution >= 0.6 is 0 Å². The van der Waals surface area contributed by atoms with Crippen LogP contribution in [0.25, 0.3) is 0 Å². The first kappa shape index (κ1) is 14.7. The molecule has 0 saturated carbocycles. The van der Waals surface area contributed by atoms with Gasteiger partial charge in [0.15, 0.2) is 0 Å². The quantitative estimate of drug-likeness (QED) is 0.617. The summed E-state index contributed by atoms with van der Waals surface area (Å²) in [7, 11) is 1.96. The normalized spacial score (nSPS) is 12.3. The molecule has 1 rings (SSSR count). The van der Waals surface area contributed by atoms with Crippen molar-refractivity contribution in [3.8, 4) is 0 Å². The molecule has 0 aromatic heterocycles. The lowest BCUT2D eigenvalue weighted by molar-refractivity contribution is 0.199. The van der Waals surface area contributed by atoms with Crippen molar-refractivity contribution in [1.29, 1.82) is 0 Å². The molecule has 18 heavy (non-hydrogen) atoms. The Kier molecular flexibility index (Phi) is 5.35. The zero-order valence-electron chi connectivity index (χ0n) is 11.4. The second-order valence-corrected chi connectivity index (χ2v) is 4.69. The van der Waals surface area contributed by atoms with Crippen LogP contribution in [0.3, 0.4) is 0 Å². The highest BCUT2D eigenvalue weighted by atomic mass is 19.1. The molecular formula is C15H22FNO. The molecule has 1 atom stereocenters. The average molecular weight is 251 g/mol. The molecule has 0 aliphatic rings. The maximum atomic E-state index is 13.5. The standard InChI is InChI=1S/C15H22FNO/c1-5-6-7-8-17(4)15-9-11(2)14(16)10-13(15)12(3)18/h5,9-10,12,18H,1,6-8H2,2-4H3. The molecule has 0 saturated heterocycles. The first-order valence-electron chi connectivity index (χ1n) is 6.27. The van der Waals surface area contributed by atoms with Crippen molar-refractivity contribution >= 4 is 5.69 Å². The third-order valence-electron chi connectivity index (χ3n) is 3.07. The Bertz CT molecular complexity index is 415. The van der Waals surface area contributed by atoms with Crippen molar-refractivity contribution in [2.75, 3.05) is 18.5 Å². The highest BCUT2D eigenvalue weighted by molar-refractivity contribution is 5.56. The molecule has 1 N–H and O–H groups in total. The van der Waals surface area contributed by atoms with E-state index in [0.717, 1.165) is 25.1 Å². The van der Waals surface area contributed by atoms with Crippen LogP contribution in [0.5, 0.6) is 0 Å². The monoisotopic (exact) mass is 251 g/mol. The number of hydrogen-bond donors (Lipinski definition) is 1. The van der Waals surface area contributed by atoms with Gasteiger partial charge in [-0.15, -0.1) is 6.58 Å². The molecule has 1 aromatic carbocycles. The van der Waals surface area contributed by atoms with Crippen LogP contribution < -0.4 is 4.90 Å². The fraction of sp³-hybridized carbons (Fsp3) is 0.467. The number of nitrogens with zero attached hydrogens (tertiary/aromatic N) is 1. The van der Waals surface area contributed by atoms with Gasteiger partial charge in [0.05, 0.1) is 6.10 Å². The second-order valence-electron chi connectivity index (χ2n) is 4.69. The maximum Gasteiger partial charge on any atom is 0.126 e. The minimum atomic E-state index is -0.669. The van der Waals surface area contributed by atoms with Gasteiger partial charge in [0.1, 0.15) is 5.82 Å². The summed E-state index contributed by atoms with van der Waals surface area (Å²) in [5.41, 5.74) is 2.14. The lowest BCUT2D eigenvalue weighted by atomic mass is 10.0. The van der Waals surface area contributed by atoms with Crippen LogP contribution in [-0.4, -0.2) is 18.7 Å². The number of aliphatic hydroxyl groups excluding tert-OH is 1. The van der Waals surface area contributed by atoms with E-state index in [4.69, 9.17) is 0 Å². The number of rotatable bonds is 6. The van der Waals surface area contributed by atoms with E-state index < -0.39 is 6.10 Å². The fourth-order valence-corrected chi connectivity index (χ4v) is 1.94. The van der Waals surface area contributed by atoms with Crippen LogP contribution in [0.4, 0.5) is 10.1 Å². The molecule has 0 radical (unpaired) electrons. The van der Waals surface area contributed by atoms with Crippen molar-refractivity contribution in [3.63, 3.8) is 0 Å². The molecule has 100 valence electrons. The third kappa shape index (κ3) is 3.57. The van der Waals surface area contributed by atoms with E-state index in [9.17, 15) is 9.50 Å². The van der Waals surface area contributed by atoms with Crippen LogP contribution in [0, 0.1) is 12.7 Å². The van der Waals surface area contributed by atoms with Gasteiger partial charge in [-0.2, -0.15) is 0 Å². The van der Waals surface area contributed by atoms with E-state index in [1.807, 2.05) is 13.1 Å². The van der Waals surface area contributed by atoms with E-state index in [0.29, 0.717) is 11.1 Å². The Hall–Kier alpha value is -1.35. The molecule has 0 fully saturated rings. The highest BCUT2D eigenvalue weighted by Gasteiger charge is 2.14. The Balaban J connectivity index is 2.98. The summed E-state index contributed by atoms with van der Waals surface area (Å²) in [6, 6.07) is 3.23. The summed E-state index contributed by atoms with van der Waals surface area (Å²) >= 11 is 0. The van der Waals surface area contributed by atoms with Crippen molar-refractivity contribution in [3.05, 3.63) is 41.7 Å². The van der Waals surface area contributed by atoms with Gasteiger partial charge < -0.3 is 10.0 Å². The van der Waals surface area contributed by atoms with Gasteiger partial charge in [0.25, 0.3) is 0 Å². The molecule has 1 unspecified atom stereocenters. The summed E-state index contributed by atoms with van der Waals surface area (Å²) in [6.07, 6.45) is 3.17. The Morgan fingerprint density at radius 3 is 2.72 bits per heavy atom. The van der Waals surface area contributed by atoms with Crippen molar-refractivity contribution in [1.82, 2.24) is 0 Å². The molecule has 0 aliphatic carbocycles. The van der Waals surface area contributed by atoms with E-state index in [2.05, 4.69) is 11.5 Å². The maximum absolute atomic E-state index is 13.5. The summed E-state index contributed by atoms with van der Waals surface area (Å²) in [5, 5.41) is 9.73. The molecule has 0 spiro atoms. The SMILES string of the molecule is C=CCCCN(C)c1cc(C)c(F)cc1C(C)O. The first-order valence-corrected chi connectivity index (χ1v) is 6.27. The predicted octanol–water partition coefficient (Wildman–Crippen LogP) is 3.59. The second kappa shape index (κ2) is 6.55. The van der Waals surface area contributed by atoms with Crippen LogP contribution in [0.2, 0.25) is 0 Å². The Morgan fingerprint density at radius 2 is 2.17 bits per heavy atom. The lowest BCUT2D eigenvalue weighted by Gasteiger charge is -2.24. The largest absolute Gasteiger partial charge is 0.389 e. The van der Waals surface area contributed by atoms with Gasteiger partial charge in [-0.3, -0.25) is 0 Å². The first-order chi connectivity index (χ1) is 8.47. The van der Waals surface area contributed by atoms with Crippen LogP contribution in [0.1, 0.15) is 37.0 Å². The number of unbranched alkanes of at least 4 members (excludes halogenated alkanes) is 1. The van der Waals surface area contributed by atoms with Crippen molar-refractivity contribution < 1.29 is 9.50 Å². The van der Waals surface area contributed by atoms with E-state index in [1.54, 1.807) is 19.9 Å². The summed E-state index contributed by atoms with van der Waals surface area (Å²) in [6.45, 7) is 7.95. The van der Waals surface area contributed by atoms with E-state index >= 15 is 0 Å². The number of halogens is 1. The average Bonchev–Trinajstić information content (AvgIpc) is 2.32. The van der Waals surface area contributed by atoms with Gasteiger partial charge in [0.2, 0.25) is 0 Å². The van der Waals surface area contributed by atoms with Crippen LogP contribution in [-0.2, 0) is 0 Å². The fourth-order valence-electron chi connectivity index (χ4n) is 1.94. The number of allylic oxidation sites excluding steroid dienone is 1. The van der Waals surface area contributed by atoms with Crippen molar-refractivity contribution in [2.24, 2.45) is 0 Å². The number of hydrogen-bond acceptors (Lipinski definition) is 2. The Morgan fingerprint density at radius 1 is 1.50 bits per heavy atom. The topological polar surface area (TPSA) is 23.5 Å². The third-order valence-corrected chi connectivity index (χ3v) is 3.07. The number of anilines is 1. The molecule has 0 aliphatic heterocycles. The number of aliphatic hydroxyl groups is 1. The molecule has 0 amide bonds. The minimum Gasteiger partial charge on any atom is -0.389 e. The Labute approximate surface area is 109 Å². The zero-order chi connectivity index (χ0) is 13.7. The summed E-state index contributed by atoms with van der Waals surface area (Å²) < 4.78 is 13.5. The van der Waals surface area contributed by atoms with Crippen LogP contribution in [0.15, 0.2) is 24.8 Å². The van der Waals surface area contributed by atoms with Gasteiger partial charge in [0, 0.05) is 24.8 Å². The van der Waals surface area contributed by atoms with Gasteiger partial charge in [-0.05, 0) is 44.4 Å². The van der Waals surface area contributed by atoms with Gasteiger partial charge in [-0.1, -0.05) is 6.08 Å². The lowest BCUT2D eigenvalue weighted by Crippen LogP contribution is -2.21.